The second-order valence-electron chi connectivity index (χ2n) is 6.13. The van der Waals surface area contributed by atoms with Crippen LogP contribution in [0.2, 0.25) is 0 Å². The highest BCUT2D eigenvalue weighted by molar-refractivity contribution is 5.91. The molecule has 1 saturated heterocycles. The van der Waals surface area contributed by atoms with Gasteiger partial charge in [0.05, 0.1) is 6.61 Å². The molecule has 1 aliphatic rings. The molecule has 6 nitrogen and oxygen atoms in total. The fourth-order valence-corrected chi connectivity index (χ4v) is 3.00. The van der Waals surface area contributed by atoms with Crippen molar-refractivity contribution in [2.45, 2.75) is 26.4 Å². The topological polar surface area (TPSA) is 78.4 Å². The van der Waals surface area contributed by atoms with E-state index in [1.807, 2.05) is 25.1 Å². The number of aryl methyl sites for hydroxylation is 1. The van der Waals surface area contributed by atoms with E-state index in [1.165, 1.54) is 0 Å². The first-order valence-electron chi connectivity index (χ1n) is 8.19. The van der Waals surface area contributed by atoms with Crippen molar-refractivity contribution in [3.8, 4) is 0 Å². The van der Waals surface area contributed by atoms with Gasteiger partial charge in [-0.05, 0) is 37.5 Å². The number of hydrogen-bond donors (Lipinski definition) is 2. The number of carbonyl (C=O) groups excluding carboxylic acids is 1. The summed E-state index contributed by atoms with van der Waals surface area (Å²) in [6.45, 7) is 3.52. The predicted molar refractivity (Wildman–Crippen MR) is 92.7 cm³/mol. The van der Waals surface area contributed by atoms with Gasteiger partial charge in [-0.2, -0.15) is 0 Å². The highest BCUT2D eigenvalue weighted by atomic mass is 16.3. The number of aliphatic hydroxyl groups is 1. The molecule has 0 bridgehead atoms. The summed E-state index contributed by atoms with van der Waals surface area (Å²) in [4.78, 5) is 22.9. The van der Waals surface area contributed by atoms with Crippen molar-refractivity contribution < 1.29 is 9.90 Å². The van der Waals surface area contributed by atoms with Crippen LogP contribution in [0.5, 0.6) is 0 Å². The van der Waals surface area contributed by atoms with Crippen LogP contribution in [0.3, 0.4) is 0 Å². The normalized spacial score (nSPS) is 15.3. The maximum absolute atomic E-state index is 12.4. The predicted octanol–water partition coefficient (Wildman–Crippen LogP) is 2.13. The number of aliphatic hydroxyl groups excluding tert-OH is 1. The lowest BCUT2D eigenvalue weighted by atomic mass is 9.95. The van der Waals surface area contributed by atoms with Gasteiger partial charge in [-0.3, -0.25) is 9.78 Å². The van der Waals surface area contributed by atoms with E-state index in [0.717, 1.165) is 42.7 Å². The second-order valence-corrected chi connectivity index (χ2v) is 6.13. The summed E-state index contributed by atoms with van der Waals surface area (Å²) >= 11 is 0. The van der Waals surface area contributed by atoms with Crippen LogP contribution in [-0.2, 0) is 11.4 Å². The zero-order valence-corrected chi connectivity index (χ0v) is 13.8. The van der Waals surface area contributed by atoms with Crippen molar-refractivity contribution in [1.82, 2.24) is 9.97 Å². The molecular weight excluding hydrogens is 304 g/mol. The first kappa shape index (κ1) is 16.4. The summed E-state index contributed by atoms with van der Waals surface area (Å²) in [6.07, 6.45) is 6.74. The number of amides is 1. The third kappa shape index (κ3) is 3.71. The Hall–Kier alpha value is -2.47. The lowest BCUT2D eigenvalue weighted by molar-refractivity contribution is -0.120. The van der Waals surface area contributed by atoms with Gasteiger partial charge >= 0.3 is 0 Å². The quantitative estimate of drug-likeness (QED) is 0.900. The SMILES string of the molecule is Cc1ccc(NC(=O)C2CCN(c3ccncc3CO)CC2)nc1. The highest BCUT2D eigenvalue weighted by Gasteiger charge is 2.26. The minimum atomic E-state index is -0.0251. The number of nitrogens with one attached hydrogen (secondary N) is 1. The van der Waals surface area contributed by atoms with Crippen LogP contribution in [0.15, 0.2) is 36.8 Å². The molecule has 0 aromatic carbocycles. The van der Waals surface area contributed by atoms with Gasteiger partial charge in [0, 0.05) is 48.8 Å². The van der Waals surface area contributed by atoms with Crippen LogP contribution >= 0.6 is 0 Å². The molecule has 0 saturated carbocycles. The third-order valence-electron chi connectivity index (χ3n) is 4.42. The molecule has 1 fully saturated rings. The number of piperidine rings is 1. The molecule has 2 aromatic rings. The lowest BCUT2D eigenvalue weighted by Gasteiger charge is -2.33. The molecule has 1 aliphatic heterocycles. The van der Waals surface area contributed by atoms with Crippen molar-refractivity contribution in [2.75, 3.05) is 23.3 Å². The van der Waals surface area contributed by atoms with E-state index < -0.39 is 0 Å². The largest absolute Gasteiger partial charge is 0.392 e. The van der Waals surface area contributed by atoms with Gasteiger partial charge in [-0.25, -0.2) is 4.98 Å². The smallest absolute Gasteiger partial charge is 0.228 e. The van der Waals surface area contributed by atoms with E-state index in [0.29, 0.717) is 5.82 Å². The number of anilines is 2. The number of pyridine rings is 2. The zero-order valence-electron chi connectivity index (χ0n) is 13.8. The zero-order chi connectivity index (χ0) is 16.9. The number of rotatable bonds is 4. The molecule has 3 rings (SSSR count). The van der Waals surface area contributed by atoms with Gasteiger partial charge in [0.15, 0.2) is 0 Å². The number of aromatic nitrogens is 2. The van der Waals surface area contributed by atoms with Crippen molar-refractivity contribution in [3.05, 3.63) is 47.9 Å². The molecule has 2 N–H and O–H groups in total. The number of hydrogen-bond acceptors (Lipinski definition) is 5. The summed E-state index contributed by atoms with van der Waals surface area (Å²) in [5.74, 6) is 0.622. The van der Waals surface area contributed by atoms with E-state index in [1.54, 1.807) is 18.6 Å². The molecule has 0 atom stereocenters. The highest BCUT2D eigenvalue weighted by Crippen LogP contribution is 2.26. The van der Waals surface area contributed by atoms with E-state index in [4.69, 9.17) is 0 Å². The van der Waals surface area contributed by atoms with Gasteiger partial charge in [0.1, 0.15) is 5.82 Å². The molecule has 0 radical (unpaired) electrons. The number of nitrogens with zero attached hydrogens (tertiary/aromatic N) is 3. The Labute approximate surface area is 141 Å². The Balaban J connectivity index is 1.58. The second kappa shape index (κ2) is 7.40. The minimum absolute atomic E-state index is 0.0104. The minimum Gasteiger partial charge on any atom is -0.392 e. The van der Waals surface area contributed by atoms with Crippen LogP contribution in [-0.4, -0.2) is 34.1 Å². The molecule has 126 valence electrons. The Morgan fingerprint density at radius 3 is 2.75 bits per heavy atom. The average Bonchev–Trinajstić information content (AvgIpc) is 2.63. The first-order valence-corrected chi connectivity index (χ1v) is 8.19. The Bertz CT molecular complexity index is 694. The molecule has 0 unspecified atom stereocenters. The van der Waals surface area contributed by atoms with Crippen LogP contribution in [0.25, 0.3) is 0 Å². The third-order valence-corrected chi connectivity index (χ3v) is 4.42. The Morgan fingerprint density at radius 2 is 2.08 bits per heavy atom. The summed E-state index contributed by atoms with van der Waals surface area (Å²) in [5, 5.41) is 12.3. The van der Waals surface area contributed by atoms with Gasteiger partial charge in [0.2, 0.25) is 5.91 Å². The first-order chi connectivity index (χ1) is 11.7. The molecule has 3 heterocycles. The van der Waals surface area contributed by atoms with Crippen molar-refractivity contribution in [1.29, 1.82) is 0 Å². The van der Waals surface area contributed by atoms with Crippen molar-refractivity contribution in [3.63, 3.8) is 0 Å². The summed E-state index contributed by atoms with van der Waals surface area (Å²) < 4.78 is 0. The average molecular weight is 326 g/mol. The number of carbonyl (C=O) groups is 1. The molecule has 1 amide bonds. The van der Waals surface area contributed by atoms with E-state index in [-0.39, 0.29) is 18.4 Å². The van der Waals surface area contributed by atoms with Crippen LogP contribution < -0.4 is 10.2 Å². The molecular formula is C18H22N4O2. The van der Waals surface area contributed by atoms with Crippen molar-refractivity contribution >= 4 is 17.4 Å². The van der Waals surface area contributed by atoms with Crippen LogP contribution in [0.4, 0.5) is 11.5 Å². The van der Waals surface area contributed by atoms with E-state index in [9.17, 15) is 9.90 Å². The van der Waals surface area contributed by atoms with Gasteiger partial charge in [0.25, 0.3) is 0 Å². The molecule has 6 heteroatoms. The van der Waals surface area contributed by atoms with E-state index in [2.05, 4.69) is 20.2 Å². The lowest BCUT2D eigenvalue weighted by Crippen LogP contribution is -2.38. The fourth-order valence-electron chi connectivity index (χ4n) is 3.00. The van der Waals surface area contributed by atoms with Crippen LogP contribution in [0, 0.1) is 12.8 Å². The summed E-state index contributed by atoms with van der Waals surface area (Å²) in [6, 6.07) is 5.68. The van der Waals surface area contributed by atoms with E-state index >= 15 is 0 Å². The maximum Gasteiger partial charge on any atom is 0.228 e. The van der Waals surface area contributed by atoms with Gasteiger partial charge in [-0.1, -0.05) is 6.07 Å². The Kier molecular flexibility index (Phi) is 5.05. The fraction of sp³-hybridized carbons (Fsp3) is 0.389. The molecule has 0 spiro atoms. The van der Waals surface area contributed by atoms with Gasteiger partial charge in [-0.15, -0.1) is 0 Å². The standard InChI is InChI=1S/C18H22N4O2/c1-13-2-3-17(20-10-13)21-18(24)14-5-8-22(9-6-14)16-4-7-19-11-15(16)12-23/h2-4,7,10-11,14,23H,5-6,8-9,12H2,1H3,(H,20,21,24). The van der Waals surface area contributed by atoms with Crippen LogP contribution in [0.1, 0.15) is 24.0 Å². The molecule has 0 aliphatic carbocycles. The van der Waals surface area contributed by atoms with Gasteiger partial charge < -0.3 is 15.3 Å². The summed E-state index contributed by atoms with van der Waals surface area (Å²) in [7, 11) is 0. The molecule has 24 heavy (non-hydrogen) atoms. The van der Waals surface area contributed by atoms with Crippen molar-refractivity contribution in [2.24, 2.45) is 5.92 Å². The maximum atomic E-state index is 12.4. The summed E-state index contributed by atoms with van der Waals surface area (Å²) in [5.41, 5.74) is 2.90. The monoisotopic (exact) mass is 326 g/mol. The molecule has 2 aromatic heterocycles. The Morgan fingerprint density at radius 1 is 1.29 bits per heavy atom.